The summed E-state index contributed by atoms with van der Waals surface area (Å²) in [5.41, 5.74) is 4.01. The number of ether oxygens (including phenoxy) is 1. The van der Waals surface area contributed by atoms with Crippen LogP contribution in [0, 0.1) is 0 Å². The summed E-state index contributed by atoms with van der Waals surface area (Å²) in [5, 5.41) is 16.9. The van der Waals surface area contributed by atoms with Gasteiger partial charge in [-0.05, 0) is 18.6 Å². The second-order valence-electron chi connectivity index (χ2n) is 5.63. The molecule has 3 aromatic rings. The van der Waals surface area contributed by atoms with Crippen molar-refractivity contribution in [1.29, 1.82) is 0 Å². The van der Waals surface area contributed by atoms with Gasteiger partial charge in [-0.15, -0.1) is 10.2 Å². The van der Waals surface area contributed by atoms with Gasteiger partial charge in [0.2, 0.25) is 5.65 Å². The molecule has 4 rings (SSSR count). The summed E-state index contributed by atoms with van der Waals surface area (Å²) in [6.45, 7) is 4.16. The molecule has 0 atom stereocenters. The highest BCUT2D eigenvalue weighted by atomic mass is 16.5. The Morgan fingerprint density at radius 2 is 2.17 bits per heavy atom. The van der Waals surface area contributed by atoms with Crippen LogP contribution in [0.4, 0.5) is 5.69 Å². The van der Waals surface area contributed by atoms with Gasteiger partial charge in [0.05, 0.1) is 37.3 Å². The smallest absolute Gasteiger partial charge is 0.358 e. The van der Waals surface area contributed by atoms with Crippen molar-refractivity contribution in [2.45, 2.75) is 26.4 Å². The Hall–Kier alpha value is -2.97. The molecule has 0 aromatic carbocycles. The molecular weight excluding hydrogens is 310 g/mol. The summed E-state index contributed by atoms with van der Waals surface area (Å²) < 4.78 is 8.31. The number of methoxy groups -OCH3 is 1. The number of rotatable bonds is 3. The molecule has 0 aliphatic carbocycles. The molecular formula is C15H17N7O2. The minimum absolute atomic E-state index is 0.339. The minimum atomic E-state index is -0.416. The van der Waals surface area contributed by atoms with Crippen LogP contribution in [0.3, 0.4) is 0 Å². The van der Waals surface area contributed by atoms with Crippen molar-refractivity contribution in [3.63, 3.8) is 0 Å². The van der Waals surface area contributed by atoms with E-state index in [1.807, 2.05) is 4.68 Å². The van der Waals surface area contributed by atoms with Crippen molar-refractivity contribution in [3.05, 3.63) is 35.5 Å². The Labute approximate surface area is 137 Å². The molecule has 0 N–H and O–H groups in total. The fourth-order valence-electron chi connectivity index (χ4n) is 2.94. The van der Waals surface area contributed by atoms with Crippen LogP contribution >= 0.6 is 0 Å². The molecule has 9 heteroatoms. The normalized spacial score (nSPS) is 14.0. The summed E-state index contributed by atoms with van der Waals surface area (Å²) in [5.74, 6) is -0.416. The second kappa shape index (κ2) is 5.59. The molecule has 0 radical (unpaired) electrons. The number of anilines is 1. The fourth-order valence-corrected chi connectivity index (χ4v) is 2.94. The summed E-state index contributed by atoms with van der Waals surface area (Å²) in [6.07, 6.45) is 2.45. The number of aryl methyl sites for hydroxylation is 1. The van der Waals surface area contributed by atoms with E-state index in [4.69, 9.17) is 4.74 Å². The van der Waals surface area contributed by atoms with Gasteiger partial charge in [0, 0.05) is 6.54 Å². The Morgan fingerprint density at radius 1 is 1.29 bits per heavy atom. The number of hydrogen-bond donors (Lipinski definition) is 0. The highest BCUT2D eigenvalue weighted by molar-refractivity contribution is 5.87. The maximum absolute atomic E-state index is 11.7. The van der Waals surface area contributed by atoms with Gasteiger partial charge in [-0.2, -0.15) is 14.7 Å². The molecule has 0 amide bonds. The summed E-state index contributed by atoms with van der Waals surface area (Å²) in [6, 6.07) is 3.83. The number of nitrogens with zero attached hydrogens (tertiary/aromatic N) is 7. The van der Waals surface area contributed by atoms with Crippen LogP contribution < -0.4 is 4.90 Å². The molecule has 0 unspecified atom stereocenters. The third-order valence-corrected chi connectivity index (χ3v) is 4.19. The van der Waals surface area contributed by atoms with Gasteiger partial charge in [-0.1, -0.05) is 6.92 Å². The molecule has 0 saturated carbocycles. The standard InChI is InChI=1S/C15H17N7O2/c1-3-10-6-13(14-17-16-9-22(14)18-10)20-4-5-21-11(8-20)7-12(19-21)15(23)24-2/h6-7,9H,3-5,8H2,1-2H3. The third-order valence-electron chi connectivity index (χ3n) is 4.19. The number of esters is 1. The van der Waals surface area contributed by atoms with Crippen LogP contribution in [-0.2, 0) is 24.2 Å². The third kappa shape index (κ3) is 2.29. The molecule has 0 bridgehead atoms. The van der Waals surface area contributed by atoms with Gasteiger partial charge < -0.3 is 9.64 Å². The van der Waals surface area contributed by atoms with Crippen molar-refractivity contribution >= 4 is 17.3 Å². The average Bonchev–Trinajstić information content (AvgIpc) is 3.25. The quantitative estimate of drug-likeness (QED) is 0.654. The van der Waals surface area contributed by atoms with Crippen molar-refractivity contribution in [1.82, 2.24) is 29.6 Å². The molecule has 3 aromatic heterocycles. The van der Waals surface area contributed by atoms with Gasteiger partial charge in [-0.25, -0.2) is 4.79 Å². The van der Waals surface area contributed by atoms with Gasteiger partial charge in [0.1, 0.15) is 6.33 Å². The van der Waals surface area contributed by atoms with Gasteiger partial charge in [-0.3, -0.25) is 4.68 Å². The van der Waals surface area contributed by atoms with Crippen molar-refractivity contribution in [2.75, 3.05) is 18.6 Å². The minimum Gasteiger partial charge on any atom is -0.464 e. The molecule has 0 fully saturated rings. The van der Waals surface area contributed by atoms with Crippen LogP contribution in [0.25, 0.3) is 5.65 Å². The number of fused-ring (bicyclic) bond motifs is 2. The lowest BCUT2D eigenvalue weighted by molar-refractivity contribution is 0.0593. The Kier molecular flexibility index (Phi) is 3.40. The first-order valence-electron chi connectivity index (χ1n) is 7.79. The highest BCUT2D eigenvalue weighted by Crippen LogP contribution is 2.25. The second-order valence-corrected chi connectivity index (χ2v) is 5.63. The van der Waals surface area contributed by atoms with E-state index < -0.39 is 5.97 Å². The van der Waals surface area contributed by atoms with Crippen LogP contribution in [0.1, 0.15) is 28.8 Å². The average molecular weight is 327 g/mol. The predicted molar refractivity (Wildman–Crippen MR) is 84.8 cm³/mol. The molecule has 1 aliphatic heterocycles. The first-order valence-corrected chi connectivity index (χ1v) is 7.79. The number of carbonyl (C=O) groups is 1. The number of hydrogen-bond acceptors (Lipinski definition) is 7. The van der Waals surface area contributed by atoms with E-state index in [2.05, 4.69) is 38.3 Å². The molecule has 9 nitrogen and oxygen atoms in total. The van der Waals surface area contributed by atoms with Crippen molar-refractivity contribution < 1.29 is 9.53 Å². The maximum Gasteiger partial charge on any atom is 0.358 e. The monoisotopic (exact) mass is 327 g/mol. The molecule has 0 saturated heterocycles. The molecule has 0 spiro atoms. The SMILES string of the molecule is CCc1cc(N2CCn3nc(C(=O)OC)cc3C2)c2nncn2n1. The summed E-state index contributed by atoms with van der Waals surface area (Å²) in [7, 11) is 1.36. The fraction of sp³-hybridized carbons (Fsp3) is 0.400. The van der Waals surface area contributed by atoms with Gasteiger partial charge in [0.15, 0.2) is 5.69 Å². The first kappa shape index (κ1) is 14.6. The molecule has 1 aliphatic rings. The van der Waals surface area contributed by atoms with Crippen LogP contribution in [0.15, 0.2) is 18.5 Å². The molecule has 24 heavy (non-hydrogen) atoms. The largest absolute Gasteiger partial charge is 0.464 e. The molecule has 124 valence electrons. The number of aromatic nitrogens is 6. The summed E-state index contributed by atoms with van der Waals surface area (Å²) >= 11 is 0. The highest BCUT2D eigenvalue weighted by Gasteiger charge is 2.23. The number of carbonyl (C=O) groups excluding carboxylic acids is 1. The Balaban J connectivity index is 1.71. The van der Waals surface area contributed by atoms with E-state index >= 15 is 0 Å². The zero-order valence-electron chi connectivity index (χ0n) is 13.5. The van der Waals surface area contributed by atoms with Gasteiger partial charge in [0.25, 0.3) is 0 Å². The van der Waals surface area contributed by atoms with E-state index in [9.17, 15) is 4.79 Å². The molecule has 4 heterocycles. The first-order chi connectivity index (χ1) is 11.7. The van der Waals surface area contributed by atoms with E-state index in [0.29, 0.717) is 18.8 Å². The summed E-state index contributed by atoms with van der Waals surface area (Å²) in [4.78, 5) is 13.9. The zero-order valence-corrected chi connectivity index (χ0v) is 13.5. The predicted octanol–water partition coefficient (Wildman–Crippen LogP) is 0.690. The zero-order chi connectivity index (χ0) is 16.7. The topological polar surface area (TPSA) is 90.4 Å². The van der Waals surface area contributed by atoms with Crippen LogP contribution in [0.2, 0.25) is 0 Å². The van der Waals surface area contributed by atoms with Crippen LogP contribution in [0.5, 0.6) is 0 Å². The lowest BCUT2D eigenvalue weighted by Crippen LogP contribution is -2.34. The van der Waals surface area contributed by atoms with Crippen molar-refractivity contribution in [2.24, 2.45) is 0 Å². The lowest BCUT2D eigenvalue weighted by Gasteiger charge is -2.29. The van der Waals surface area contributed by atoms with Gasteiger partial charge >= 0.3 is 5.97 Å². The van der Waals surface area contributed by atoms with Crippen molar-refractivity contribution in [3.8, 4) is 0 Å². The lowest BCUT2D eigenvalue weighted by atomic mass is 10.2. The maximum atomic E-state index is 11.7. The Morgan fingerprint density at radius 3 is 2.96 bits per heavy atom. The van der Waals surface area contributed by atoms with Crippen LogP contribution in [-0.4, -0.2) is 49.2 Å². The Bertz CT molecular complexity index is 914. The van der Waals surface area contributed by atoms with E-state index in [1.54, 1.807) is 16.9 Å². The van der Waals surface area contributed by atoms with E-state index in [-0.39, 0.29) is 0 Å². The van der Waals surface area contributed by atoms with E-state index in [1.165, 1.54) is 7.11 Å². The van der Waals surface area contributed by atoms with E-state index in [0.717, 1.165) is 35.7 Å².